The molecular formula is C15H29NO3. The van der Waals surface area contributed by atoms with Crippen molar-refractivity contribution in [2.45, 2.75) is 70.3 Å². The third-order valence-corrected chi connectivity index (χ3v) is 4.92. The van der Waals surface area contributed by atoms with Gasteiger partial charge in [-0.2, -0.15) is 0 Å². The molecule has 0 aromatic heterocycles. The average Bonchev–Trinajstić information content (AvgIpc) is 2.34. The van der Waals surface area contributed by atoms with Gasteiger partial charge in [0, 0.05) is 25.0 Å². The second-order valence-corrected chi connectivity index (χ2v) is 7.16. The van der Waals surface area contributed by atoms with Gasteiger partial charge in [-0.25, -0.2) is 0 Å². The van der Waals surface area contributed by atoms with Gasteiger partial charge in [-0.15, -0.1) is 0 Å². The molecule has 0 radical (unpaired) electrons. The summed E-state index contributed by atoms with van der Waals surface area (Å²) in [4.78, 5) is 2.34. The molecule has 0 spiro atoms. The normalized spacial score (nSPS) is 33.6. The van der Waals surface area contributed by atoms with Gasteiger partial charge < -0.3 is 14.9 Å². The van der Waals surface area contributed by atoms with E-state index in [2.05, 4.69) is 18.7 Å². The predicted octanol–water partition coefficient (Wildman–Crippen LogP) is 1.40. The Balaban J connectivity index is 2.06. The summed E-state index contributed by atoms with van der Waals surface area (Å²) in [5.41, 5.74) is -0.807. The van der Waals surface area contributed by atoms with Gasteiger partial charge in [-0.05, 0) is 40.5 Å². The molecule has 2 N–H and O–H groups in total. The summed E-state index contributed by atoms with van der Waals surface area (Å²) in [5, 5.41) is 19.8. The lowest BCUT2D eigenvalue weighted by Gasteiger charge is -2.41. The fourth-order valence-electron chi connectivity index (χ4n) is 3.55. The number of nitrogens with zero attached hydrogens (tertiary/aromatic N) is 1. The van der Waals surface area contributed by atoms with E-state index in [0.29, 0.717) is 12.6 Å². The second-order valence-electron chi connectivity index (χ2n) is 7.16. The van der Waals surface area contributed by atoms with E-state index in [9.17, 15) is 10.2 Å². The van der Waals surface area contributed by atoms with E-state index < -0.39 is 11.7 Å². The molecule has 1 aliphatic carbocycles. The van der Waals surface area contributed by atoms with Crippen molar-refractivity contribution in [1.29, 1.82) is 0 Å². The van der Waals surface area contributed by atoms with Gasteiger partial charge in [-0.3, -0.25) is 4.90 Å². The minimum absolute atomic E-state index is 0.0923. The van der Waals surface area contributed by atoms with E-state index >= 15 is 0 Å². The van der Waals surface area contributed by atoms with Crippen LogP contribution < -0.4 is 0 Å². The number of hydrogen-bond donors (Lipinski definition) is 2. The Morgan fingerprint density at radius 3 is 2.16 bits per heavy atom. The van der Waals surface area contributed by atoms with Gasteiger partial charge in [0.25, 0.3) is 0 Å². The Kier molecular flexibility index (Phi) is 4.26. The zero-order valence-electron chi connectivity index (χ0n) is 12.7. The highest BCUT2D eigenvalue weighted by Crippen LogP contribution is 2.43. The lowest BCUT2D eigenvalue weighted by molar-refractivity contribution is -0.0918. The second kappa shape index (κ2) is 5.32. The quantitative estimate of drug-likeness (QED) is 0.793. The van der Waals surface area contributed by atoms with Gasteiger partial charge >= 0.3 is 0 Å². The highest BCUT2D eigenvalue weighted by molar-refractivity contribution is 5.03. The molecule has 2 unspecified atom stereocenters. The molecule has 0 aromatic rings. The maximum absolute atomic E-state index is 10.5. The highest BCUT2D eigenvalue weighted by atomic mass is 16.5. The molecule has 2 atom stereocenters. The monoisotopic (exact) mass is 271 g/mol. The molecule has 4 nitrogen and oxygen atoms in total. The summed E-state index contributed by atoms with van der Waals surface area (Å²) in [6, 6.07) is 0.582. The van der Waals surface area contributed by atoms with Crippen molar-refractivity contribution in [1.82, 2.24) is 4.90 Å². The molecule has 1 heterocycles. The number of hydrogen-bond acceptors (Lipinski definition) is 4. The van der Waals surface area contributed by atoms with Gasteiger partial charge in [0.1, 0.15) is 0 Å². The number of rotatable bonds is 5. The lowest BCUT2D eigenvalue weighted by atomic mass is 9.82. The number of aliphatic hydroxyl groups excluding tert-OH is 2. The fourth-order valence-corrected chi connectivity index (χ4v) is 3.55. The molecule has 0 bridgehead atoms. The smallest absolute Gasteiger partial charge is 0.0896 e. The molecule has 4 heteroatoms. The summed E-state index contributed by atoms with van der Waals surface area (Å²) in [6.07, 6.45) is 3.26. The van der Waals surface area contributed by atoms with Crippen molar-refractivity contribution in [3.05, 3.63) is 0 Å². The fraction of sp³-hybridized carbons (Fsp3) is 1.00. The van der Waals surface area contributed by atoms with Crippen LogP contribution >= 0.6 is 0 Å². The van der Waals surface area contributed by atoms with E-state index in [1.165, 1.54) is 19.3 Å². The van der Waals surface area contributed by atoms with Gasteiger partial charge in [0.2, 0.25) is 0 Å². The van der Waals surface area contributed by atoms with Crippen LogP contribution in [0.25, 0.3) is 0 Å². The van der Waals surface area contributed by atoms with Gasteiger partial charge in [-0.1, -0.05) is 6.42 Å². The first-order chi connectivity index (χ1) is 8.78. The zero-order valence-corrected chi connectivity index (χ0v) is 12.7. The van der Waals surface area contributed by atoms with E-state index in [4.69, 9.17) is 4.74 Å². The Morgan fingerprint density at radius 2 is 1.79 bits per heavy atom. The van der Waals surface area contributed by atoms with E-state index in [-0.39, 0.29) is 18.1 Å². The topological polar surface area (TPSA) is 52.9 Å². The molecule has 2 aliphatic rings. The number of ether oxygens (including phenoxy) is 1. The van der Waals surface area contributed by atoms with E-state index in [1.54, 1.807) is 0 Å². The first kappa shape index (κ1) is 15.2. The molecule has 0 amide bonds. The zero-order chi connectivity index (χ0) is 14.3. The van der Waals surface area contributed by atoms with Crippen LogP contribution in [0.3, 0.4) is 0 Å². The summed E-state index contributed by atoms with van der Waals surface area (Å²) >= 11 is 0. The van der Waals surface area contributed by atoms with Crippen molar-refractivity contribution < 1.29 is 14.9 Å². The Bertz CT molecular complexity index is 313. The largest absolute Gasteiger partial charge is 0.395 e. The third-order valence-electron chi connectivity index (χ3n) is 4.92. The van der Waals surface area contributed by atoms with Crippen LogP contribution in [0.15, 0.2) is 0 Å². The van der Waals surface area contributed by atoms with Crippen LogP contribution in [0, 0.1) is 5.92 Å². The molecule has 0 aromatic carbocycles. The highest BCUT2D eigenvalue weighted by Gasteiger charge is 2.53. The van der Waals surface area contributed by atoms with Crippen molar-refractivity contribution in [2.24, 2.45) is 5.92 Å². The Morgan fingerprint density at radius 1 is 1.16 bits per heavy atom. The molecule has 1 saturated heterocycles. The van der Waals surface area contributed by atoms with Crippen LogP contribution in [0.1, 0.15) is 47.0 Å². The van der Waals surface area contributed by atoms with E-state index in [1.807, 2.05) is 13.8 Å². The van der Waals surface area contributed by atoms with Crippen molar-refractivity contribution >= 4 is 0 Å². The summed E-state index contributed by atoms with van der Waals surface area (Å²) in [7, 11) is 0. The Labute approximate surface area is 116 Å². The molecule has 2 rings (SSSR count). The summed E-state index contributed by atoms with van der Waals surface area (Å²) in [6.45, 7) is 9.73. The van der Waals surface area contributed by atoms with Crippen LogP contribution in [0.5, 0.6) is 0 Å². The van der Waals surface area contributed by atoms with Crippen LogP contribution in [0.4, 0.5) is 0 Å². The average molecular weight is 271 g/mol. The van der Waals surface area contributed by atoms with Crippen molar-refractivity contribution in [3.8, 4) is 0 Å². The molecule has 1 saturated carbocycles. The molecule has 112 valence electrons. The van der Waals surface area contributed by atoms with Gasteiger partial charge in [0.15, 0.2) is 0 Å². The minimum Gasteiger partial charge on any atom is -0.395 e. The molecule has 2 fully saturated rings. The maximum atomic E-state index is 10.5. The molecule has 1 aliphatic heterocycles. The SMILES string of the molecule is CC1(C)OC(C)(C)C(CN(CCO)C2CCC2)C1O. The molecule has 19 heavy (non-hydrogen) atoms. The van der Waals surface area contributed by atoms with Crippen molar-refractivity contribution in [2.75, 3.05) is 19.7 Å². The Hall–Kier alpha value is -0.160. The number of aliphatic hydroxyl groups is 2. The predicted molar refractivity (Wildman–Crippen MR) is 75.0 cm³/mol. The standard InChI is InChI=1S/C15H29NO3/c1-14(2)12(13(18)15(3,4)19-14)10-16(8-9-17)11-6-5-7-11/h11-13,17-18H,5-10H2,1-4H3. The lowest BCUT2D eigenvalue weighted by Crippen LogP contribution is -2.49. The first-order valence-corrected chi connectivity index (χ1v) is 7.51. The van der Waals surface area contributed by atoms with E-state index in [0.717, 1.165) is 6.54 Å². The van der Waals surface area contributed by atoms with Crippen LogP contribution in [-0.4, -0.2) is 58.2 Å². The molecular weight excluding hydrogens is 242 g/mol. The van der Waals surface area contributed by atoms with Crippen molar-refractivity contribution in [3.63, 3.8) is 0 Å². The summed E-state index contributed by atoms with van der Waals surface area (Å²) < 4.78 is 6.03. The summed E-state index contributed by atoms with van der Waals surface area (Å²) in [5.74, 6) is 0.0923. The van der Waals surface area contributed by atoms with Crippen LogP contribution in [0.2, 0.25) is 0 Å². The third kappa shape index (κ3) is 2.97. The first-order valence-electron chi connectivity index (χ1n) is 7.51. The minimum atomic E-state index is -0.487. The maximum Gasteiger partial charge on any atom is 0.0896 e. The van der Waals surface area contributed by atoms with Crippen LogP contribution in [-0.2, 0) is 4.74 Å². The van der Waals surface area contributed by atoms with Gasteiger partial charge in [0.05, 0.1) is 23.9 Å².